The molecular formula is C26H25N5O3. The van der Waals surface area contributed by atoms with E-state index in [1.165, 1.54) is 0 Å². The summed E-state index contributed by atoms with van der Waals surface area (Å²) >= 11 is 0. The summed E-state index contributed by atoms with van der Waals surface area (Å²) in [7, 11) is 3.41. The lowest BCUT2D eigenvalue weighted by molar-refractivity contribution is -0.116. The van der Waals surface area contributed by atoms with Crippen molar-refractivity contribution in [3.63, 3.8) is 0 Å². The third-order valence-corrected chi connectivity index (χ3v) is 6.16. The number of carbonyl (C=O) groups is 1. The molecule has 0 fully saturated rings. The predicted molar refractivity (Wildman–Crippen MR) is 132 cm³/mol. The van der Waals surface area contributed by atoms with Gasteiger partial charge in [0.1, 0.15) is 23.0 Å². The fraction of sp³-hybridized carbons (Fsp3) is 0.231. The van der Waals surface area contributed by atoms with Gasteiger partial charge >= 0.3 is 0 Å². The average molecular weight is 456 g/mol. The Kier molecular flexibility index (Phi) is 5.08. The summed E-state index contributed by atoms with van der Waals surface area (Å²) in [5.41, 5.74) is 6.75. The Hall–Kier alpha value is -4.20. The smallest absolute Gasteiger partial charge is 0.223 e. The van der Waals surface area contributed by atoms with Crippen LogP contribution in [0.2, 0.25) is 0 Å². The van der Waals surface area contributed by atoms with Gasteiger partial charge in [-0.1, -0.05) is 17.3 Å². The number of aromatic nitrogens is 4. The molecule has 1 amide bonds. The molecule has 8 nitrogen and oxygen atoms in total. The van der Waals surface area contributed by atoms with Crippen molar-refractivity contribution in [3.8, 4) is 28.1 Å². The molecule has 0 saturated heterocycles. The van der Waals surface area contributed by atoms with Crippen molar-refractivity contribution >= 4 is 33.5 Å². The van der Waals surface area contributed by atoms with Crippen LogP contribution in [0.4, 0.5) is 5.69 Å². The van der Waals surface area contributed by atoms with Crippen LogP contribution in [0.1, 0.15) is 24.2 Å². The van der Waals surface area contributed by atoms with Crippen molar-refractivity contribution in [1.29, 1.82) is 0 Å². The molecule has 3 aromatic heterocycles. The molecule has 0 aliphatic heterocycles. The molecule has 0 spiro atoms. The Bertz CT molecular complexity index is 1560. The highest BCUT2D eigenvalue weighted by Gasteiger charge is 2.21. The monoisotopic (exact) mass is 455 g/mol. The van der Waals surface area contributed by atoms with Crippen molar-refractivity contribution in [2.24, 2.45) is 0 Å². The fourth-order valence-electron chi connectivity index (χ4n) is 4.42. The number of benzene rings is 2. The molecule has 0 atom stereocenters. The van der Waals surface area contributed by atoms with Crippen LogP contribution in [0, 0.1) is 20.8 Å². The molecule has 0 bridgehead atoms. The topological polar surface area (TPSA) is 97.1 Å². The van der Waals surface area contributed by atoms with Crippen molar-refractivity contribution in [1.82, 2.24) is 20.1 Å². The zero-order valence-corrected chi connectivity index (χ0v) is 20.0. The van der Waals surface area contributed by atoms with Gasteiger partial charge in [-0.15, -0.1) is 0 Å². The Morgan fingerprint density at radius 1 is 1.12 bits per heavy atom. The second kappa shape index (κ2) is 7.98. The van der Waals surface area contributed by atoms with Gasteiger partial charge in [0, 0.05) is 41.7 Å². The highest BCUT2D eigenvalue weighted by molar-refractivity contribution is 6.13. The number of nitrogens with one attached hydrogen (secondary N) is 1. The molecule has 0 radical (unpaired) electrons. The zero-order chi connectivity index (χ0) is 24.1. The molecule has 2 aromatic carbocycles. The molecule has 172 valence electrons. The maximum atomic E-state index is 11.9. The third-order valence-electron chi connectivity index (χ3n) is 6.16. The number of nitrogens with zero attached hydrogens (tertiary/aromatic N) is 4. The number of hydrogen-bond acceptors (Lipinski definition) is 6. The van der Waals surface area contributed by atoms with Crippen LogP contribution in [-0.2, 0) is 4.79 Å². The van der Waals surface area contributed by atoms with Crippen molar-refractivity contribution in [3.05, 3.63) is 53.7 Å². The van der Waals surface area contributed by atoms with E-state index >= 15 is 0 Å². The first-order valence-corrected chi connectivity index (χ1v) is 10.9. The minimum Gasteiger partial charge on any atom is -0.496 e. The van der Waals surface area contributed by atoms with E-state index < -0.39 is 0 Å². The van der Waals surface area contributed by atoms with Crippen LogP contribution in [0.3, 0.4) is 0 Å². The maximum Gasteiger partial charge on any atom is 0.223 e. The van der Waals surface area contributed by atoms with Gasteiger partial charge in [-0.25, -0.2) is 9.97 Å². The van der Waals surface area contributed by atoms with Crippen molar-refractivity contribution < 1.29 is 14.1 Å². The molecule has 0 aliphatic rings. The summed E-state index contributed by atoms with van der Waals surface area (Å²) in [4.78, 5) is 26.4. The van der Waals surface area contributed by atoms with E-state index in [-0.39, 0.29) is 5.91 Å². The fourth-order valence-corrected chi connectivity index (χ4v) is 4.42. The first kappa shape index (κ1) is 21.6. The number of hydrogen-bond donors (Lipinski definition) is 1. The predicted octanol–water partition coefficient (Wildman–Crippen LogP) is 5.35. The van der Waals surface area contributed by atoms with Gasteiger partial charge in [-0.05, 0) is 45.0 Å². The van der Waals surface area contributed by atoms with E-state index in [0.29, 0.717) is 11.6 Å². The van der Waals surface area contributed by atoms with E-state index in [9.17, 15) is 4.79 Å². The van der Waals surface area contributed by atoms with E-state index in [1.54, 1.807) is 26.0 Å². The summed E-state index contributed by atoms with van der Waals surface area (Å²) in [6, 6.07) is 11.8. The van der Waals surface area contributed by atoms with Gasteiger partial charge < -0.3 is 19.1 Å². The average Bonchev–Trinajstić information content (AvgIpc) is 3.34. The molecule has 0 unspecified atom stereocenters. The normalized spacial score (nSPS) is 11.4. The molecule has 1 N–H and O–H groups in total. The number of amides is 1. The zero-order valence-electron chi connectivity index (χ0n) is 20.0. The molecule has 34 heavy (non-hydrogen) atoms. The SMILES string of the molecule is COc1cc2c(cc1-c1c(C)noc1C)[nH]c1nc(C)nc(-c3cccc(N(C)C(C)=O)c3)c12. The molecule has 5 rings (SSSR count). The molecule has 0 aliphatic carbocycles. The molecule has 5 aromatic rings. The number of methoxy groups -OCH3 is 1. The highest BCUT2D eigenvalue weighted by atomic mass is 16.5. The number of anilines is 1. The number of rotatable bonds is 4. The van der Waals surface area contributed by atoms with Gasteiger partial charge in [0.25, 0.3) is 0 Å². The summed E-state index contributed by atoms with van der Waals surface area (Å²) < 4.78 is 11.2. The molecule has 3 heterocycles. The van der Waals surface area contributed by atoms with Crippen LogP contribution < -0.4 is 9.64 Å². The summed E-state index contributed by atoms with van der Waals surface area (Å²) in [6.45, 7) is 7.22. The van der Waals surface area contributed by atoms with Gasteiger partial charge in [-0.2, -0.15) is 0 Å². The van der Waals surface area contributed by atoms with Gasteiger partial charge in [0.15, 0.2) is 0 Å². The quantitative estimate of drug-likeness (QED) is 0.392. The molecule has 0 saturated carbocycles. The van der Waals surface area contributed by atoms with Crippen LogP contribution in [-0.4, -0.2) is 40.2 Å². The summed E-state index contributed by atoms with van der Waals surface area (Å²) in [5, 5.41) is 5.94. The first-order chi connectivity index (χ1) is 16.3. The van der Waals surface area contributed by atoms with Gasteiger partial charge in [0.05, 0.1) is 29.4 Å². The number of aryl methyl sites for hydroxylation is 3. The Labute approximate surface area is 196 Å². The lowest BCUT2D eigenvalue weighted by Gasteiger charge is -2.16. The maximum absolute atomic E-state index is 11.9. The van der Waals surface area contributed by atoms with E-state index in [2.05, 4.69) is 15.1 Å². The van der Waals surface area contributed by atoms with E-state index in [1.807, 2.05) is 57.2 Å². The van der Waals surface area contributed by atoms with Crippen LogP contribution in [0.25, 0.3) is 44.3 Å². The number of carbonyl (C=O) groups excluding carboxylic acids is 1. The Morgan fingerprint density at radius 2 is 1.91 bits per heavy atom. The standard InChI is InChI=1S/C26H25N5O3/c1-13-23(14(2)34-30-13)20-11-21-19(12-22(20)33-6)24-25(27-15(3)28-26(24)29-21)17-8-7-9-18(10-17)31(5)16(4)32/h7-12H,1-6H3,(H,27,28,29). The van der Waals surface area contributed by atoms with Crippen molar-refractivity contribution in [2.45, 2.75) is 27.7 Å². The lowest BCUT2D eigenvalue weighted by atomic mass is 9.99. The third kappa shape index (κ3) is 3.39. The molecule has 8 heteroatoms. The van der Waals surface area contributed by atoms with Crippen LogP contribution in [0.15, 0.2) is 40.9 Å². The lowest BCUT2D eigenvalue weighted by Crippen LogP contribution is -2.22. The first-order valence-electron chi connectivity index (χ1n) is 10.9. The second-order valence-electron chi connectivity index (χ2n) is 8.39. The number of ether oxygens (including phenoxy) is 1. The highest BCUT2D eigenvalue weighted by Crippen LogP contribution is 2.41. The van der Waals surface area contributed by atoms with E-state index in [4.69, 9.17) is 14.2 Å². The van der Waals surface area contributed by atoms with Gasteiger partial charge in [-0.3, -0.25) is 4.79 Å². The minimum atomic E-state index is -0.0372. The minimum absolute atomic E-state index is 0.0372. The van der Waals surface area contributed by atoms with Crippen LogP contribution in [0.5, 0.6) is 5.75 Å². The summed E-state index contributed by atoms with van der Waals surface area (Å²) in [5.74, 6) is 2.05. The number of H-pyrrole nitrogens is 1. The Balaban J connectivity index is 1.79. The second-order valence-corrected chi connectivity index (χ2v) is 8.39. The largest absolute Gasteiger partial charge is 0.496 e. The van der Waals surface area contributed by atoms with Gasteiger partial charge in [0.2, 0.25) is 5.91 Å². The number of fused-ring (bicyclic) bond motifs is 3. The van der Waals surface area contributed by atoms with E-state index in [0.717, 1.165) is 61.5 Å². The van der Waals surface area contributed by atoms with Crippen molar-refractivity contribution in [2.75, 3.05) is 19.1 Å². The Morgan fingerprint density at radius 3 is 2.59 bits per heavy atom. The number of aromatic amines is 1. The molecular weight excluding hydrogens is 430 g/mol. The summed E-state index contributed by atoms with van der Waals surface area (Å²) in [6.07, 6.45) is 0. The van der Waals surface area contributed by atoms with Crippen LogP contribution >= 0.6 is 0 Å².